The molecule has 0 aliphatic rings. The van der Waals surface area contributed by atoms with Crippen LogP contribution >= 0.6 is 0 Å². The van der Waals surface area contributed by atoms with Gasteiger partial charge in [0.15, 0.2) is 5.65 Å². The van der Waals surface area contributed by atoms with Gasteiger partial charge in [0, 0.05) is 17.8 Å². The first-order valence-corrected chi connectivity index (χ1v) is 6.72. The van der Waals surface area contributed by atoms with E-state index in [1.807, 2.05) is 37.3 Å². The van der Waals surface area contributed by atoms with Crippen molar-refractivity contribution in [1.82, 2.24) is 14.6 Å². The molecule has 0 fully saturated rings. The molecule has 0 N–H and O–H groups in total. The number of esters is 1. The molecular formula is C16H15N3O3. The van der Waals surface area contributed by atoms with Crippen molar-refractivity contribution < 1.29 is 14.3 Å². The zero-order valence-electron chi connectivity index (χ0n) is 12.5. The van der Waals surface area contributed by atoms with E-state index < -0.39 is 5.97 Å². The van der Waals surface area contributed by atoms with Crippen molar-refractivity contribution in [2.24, 2.45) is 0 Å². The minimum Gasteiger partial charge on any atom is -0.497 e. The average Bonchev–Trinajstić information content (AvgIpc) is 3.00. The third-order valence-corrected chi connectivity index (χ3v) is 3.52. The highest BCUT2D eigenvalue weighted by Gasteiger charge is 2.15. The highest BCUT2D eigenvalue weighted by atomic mass is 16.5. The van der Waals surface area contributed by atoms with Crippen LogP contribution in [0, 0.1) is 6.92 Å². The molecule has 0 amide bonds. The molecule has 0 atom stereocenters. The fraction of sp³-hybridized carbons (Fsp3) is 0.188. The molecule has 0 bridgehead atoms. The van der Waals surface area contributed by atoms with Crippen LogP contribution in [-0.2, 0) is 4.74 Å². The van der Waals surface area contributed by atoms with Gasteiger partial charge in [-0.15, -0.1) is 0 Å². The number of rotatable bonds is 3. The minimum absolute atomic E-state index is 0.402. The van der Waals surface area contributed by atoms with E-state index in [0.29, 0.717) is 16.9 Å². The van der Waals surface area contributed by atoms with E-state index in [9.17, 15) is 4.79 Å². The molecule has 0 aliphatic heterocycles. The van der Waals surface area contributed by atoms with Crippen LogP contribution in [0.25, 0.3) is 16.9 Å². The van der Waals surface area contributed by atoms with E-state index in [-0.39, 0.29) is 0 Å². The van der Waals surface area contributed by atoms with E-state index in [1.165, 1.54) is 13.3 Å². The predicted molar refractivity (Wildman–Crippen MR) is 81.1 cm³/mol. The summed E-state index contributed by atoms with van der Waals surface area (Å²) in [6.45, 7) is 1.81. The highest BCUT2D eigenvalue weighted by Crippen LogP contribution is 2.23. The Labute approximate surface area is 127 Å². The van der Waals surface area contributed by atoms with Gasteiger partial charge in [-0.3, -0.25) is 0 Å². The number of carbonyl (C=O) groups is 1. The van der Waals surface area contributed by atoms with Crippen molar-refractivity contribution in [3.63, 3.8) is 0 Å². The molecule has 0 radical (unpaired) electrons. The molecule has 2 aromatic heterocycles. The standard InChI is InChI=1S/C16H15N3O3/c1-10-13(16(20)22-3)9-17-15-8-14(18-19(10)15)11-4-6-12(21-2)7-5-11/h4-9H,1-3H3. The lowest BCUT2D eigenvalue weighted by Crippen LogP contribution is -2.09. The van der Waals surface area contributed by atoms with Crippen molar-refractivity contribution in [2.45, 2.75) is 6.92 Å². The maximum absolute atomic E-state index is 11.7. The molecule has 0 aliphatic carbocycles. The molecule has 0 saturated heterocycles. The average molecular weight is 297 g/mol. The Morgan fingerprint density at radius 3 is 2.55 bits per heavy atom. The van der Waals surface area contributed by atoms with Crippen molar-refractivity contribution >= 4 is 11.6 Å². The van der Waals surface area contributed by atoms with E-state index in [0.717, 1.165) is 17.0 Å². The number of nitrogens with zero attached hydrogens (tertiary/aromatic N) is 3. The maximum atomic E-state index is 11.7. The molecule has 6 nitrogen and oxygen atoms in total. The summed E-state index contributed by atoms with van der Waals surface area (Å²) < 4.78 is 11.5. The van der Waals surface area contributed by atoms with Crippen molar-refractivity contribution in [2.75, 3.05) is 14.2 Å². The summed E-state index contributed by atoms with van der Waals surface area (Å²) in [5.74, 6) is 0.364. The fourth-order valence-electron chi connectivity index (χ4n) is 2.26. The third kappa shape index (κ3) is 2.28. The molecule has 0 saturated carbocycles. The van der Waals surface area contributed by atoms with Crippen LogP contribution in [0.4, 0.5) is 0 Å². The third-order valence-electron chi connectivity index (χ3n) is 3.52. The Morgan fingerprint density at radius 2 is 1.91 bits per heavy atom. The van der Waals surface area contributed by atoms with Gasteiger partial charge in [0.25, 0.3) is 0 Å². The topological polar surface area (TPSA) is 65.7 Å². The Balaban J connectivity index is 2.09. The number of aryl methyl sites for hydroxylation is 1. The molecule has 0 spiro atoms. The van der Waals surface area contributed by atoms with Gasteiger partial charge in [-0.05, 0) is 31.2 Å². The van der Waals surface area contributed by atoms with E-state index in [4.69, 9.17) is 9.47 Å². The Kier molecular flexibility index (Phi) is 3.50. The first-order valence-electron chi connectivity index (χ1n) is 6.72. The van der Waals surface area contributed by atoms with Gasteiger partial charge >= 0.3 is 5.97 Å². The smallest absolute Gasteiger partial charge is 0.341 e. The zero-order valence-corrected chi connectivity index (χ0v) is 12.5. The second-order valence-electron chi connectivity index (χ2n) is 4.78. The first kappa shape index (κ1) is 14.1. The summed E-state index contributed by atoms with van der Waals surface area (Å²) >= 11 is 0. The summed E-state index contributed by atoms with van der Waals surface area (Å²) in [5.41, 5.74) is 3.50. The van der Waals surface area contributed by atoms with Gasteiger partial charge in [0.05, 0.1) is 31.2 Å². The molecule has 3 rings (SSSR count). The number of ether oxygens (including phenoxy) is 2. The number of hydrogen-bond acceptors (Lipinski definition) is 5. The van der Waals surface area contributed by atoms with E-state index in [1.54, 1.807) is 11.6 Å². The monoisotopic (exact) mass is 297 g/mol. The van der Waals surface area contributed by atoms with Crippen LogP contribution in [0.3, 0.4) is 0 Å². The number of hydrogen-bond donors (Lipinski definition) is 0. The number of aromatic nitrogens is 3. The molecule has 22 heavy (non-hydrogen) atoms. The summed E-state index contributed by atoms with van der Waals surface area (Å²) in [6, 6.07) is 9.48. The number of methoxy groups -OCH3 is 2. The lowest BCUT2D eigenvalue weighted by atomic mass is 10.1. The predicted octanol–water partition coefficient (Wildman–Crippen LogP) is 2.50. The number of carbonyl (C=O) groups excluding carboxylic acids is 1. The zero-order chi connectivity index (χ0) is 15.7. The van der Waals surface area contributed by atoms with Crippen molar-refractivity contribution in [1.29, 1.82) is 0 Å². The Morgan fingerprint density at radius 1 is 1.18 bits per heavy atom. The lowest BCUT2D eigenvalue weighted by molar-refractivity contribution is 0.0598. The van der Waals surface area contributed by atoms with Crippen LogP contribution in [0.5, 0.6) is 5.75 Å². The van der Waals surface area contributed by atoms with Crippen LogP contribution < -0.4 is 4.74 Å². The van der Waals surface area contributed by atoms with Gasteiger partial charge in [-0.25, -0.2) is 14.3 Å². The van der Waals surface area contributed by atoms with E-state index in [2.05, 4.69) is 10.1 Å². The molecule has 3 aromatic rings. The van der Waals surface area contributed by atoms with Crippen LogP contribution in [0.15, 0.2) is 36.5 Å². The quantitative estimate of drug-likeness (QED) is 0.695. The second-order valence-corrected chi connectivity index (χ2v) is 4.78. The fourth-order valence-corrected chi connectivity index (χ4v) is 2.26. The largest absolute Gasteiger partial charge is 0.497 e. The Hall–Kier alpha value is -2.89. The maximum Gasteiger partial charge on any atom is 0.341 e. The number of fused-ring (bicyclic) bond motifs is 1. The van der Waals surface area contributed by atoms with Gasteiger partial charge in [0.2, 0.25) is 0 Å². The summed E-state index contributed by atoms with van der Waals surface area (Å²) in [7, 11) is 2.97. The SMILES string of the molecule is COC(=O)c1cnc2cc(-c3ccc(OC)cc3)nn2c1C. The van der Waals surface area contributed by atoms with Gasteiger partial charge in [-0.1, -0.05) is 0 Å². The lowest BCUT2D eigenvalue weighted by Gasteiger charge is -2.04. The minimum atomic E-state index is -0.423. The van der Waals surface area contributed by atoms with Crippen molar-refractivity contribution in [3.8, 4) is 17.0 Å². The van der Waals surface area contributed by atoms with Crippen LogP contribution in [0.1, 0.15) is 16.1 Å². The molecule has 2 heterocycles. The molecular weight excluding hydrogens is 282 g/mol. The van der Waals surface area contributed by atoms with Crippen LogP contribution in [0.2, 0.25) is 0 Å². The summed E-state index contributed by atoms with van der Waals surface area (Å²) in [4.78, 5) is 16.0. The molecule has 6 heteroatoms. The van der Waals surface area contributed by atoms with Gasteiger partial charge in [0.1, 0.15) is 5.75 Å². The van der Waals surface area contributed by atoms with Gasteiger partial charge in [-0.2, -0.15) is 5.10 Å². The number of benzene rings is 1. The first-order chi connectivity index (χ1) is 10.6. The summed E-state index contributed by atoms with van der Waals surface area (Å²) in [6.07, 6.45) is 1.51. The normalized spacial score (nSPS) is 10.7. The highest BCUT2D eigenvalue weighted by molar-refractivity contribution is 5.90. The second kappa shape index (κ2) is 5.48. The molecule has 112 valence electrons. The Bertz CT molecular complexity index is 838. The van der Waals surface area contributed by atoms with Crippen LogP contribution in [-0.4, -0.2) is 34.8 Å². The van der Waals surface area contributed by atoms with E-state index >= 15 is 0 Å². The molecule has 0 unspecified atom stereocenters. The molecule has 1 aromatic carbocycles. The van der Waals surface area contributed by atoms with Gasteiger partial charge < -0.3 is 9.47 Å². The van der Waals surface area contributed by atoms with Crippen molar-refractivity contribution in [3.05, 3.63) is 47.8 Å². The summed E-state index contributed by atoms with van der Waals surface area (Å²) in [5, 5.41) is 4.52.